The SMILES string of the molecule is CC(C)(C)NC(=O)[C@@H](Cc1ccccc1)N(Cc1c(Cl)cccc1Cl)C(=O)CN(c1ccc(Br)cc1)S(=O)(=O)c1ccccc1. The first-order chi connectivity index (χ1) is 21.3. The van der Waals surface area contributed by atoms with Crippen molar-refractivity contribution in [3.05, 3.63) is 129 Å². The van der Waals surface area contributed by atoms with Crippen molar-refractivity contribution in [2.75, 3.05) is 10.8 Å². The van der Waals surface area contributed by atoms with E-state index in [1.807, 2.05) is 51.1 Å². The summed E-state index contributed by atoms with van der Waals surface area (Å²) in [4.78, 5) is 29.9. The van der Waals surface area contributed by atoms with E-state index >= 15 is 0 Å². The van der Waals surface area contributed by atoms with Gasteiger partial charge in [-0.3, -0.25) is 13.9 Å². The van der Waals surface area contributed by atoms with Crippen LogP contribution in [0.5, 0.6) is 0 Å². The van der Waals surface area contributed by atoms with Crippen LogP contribution < -0.4 is 9.62 Å². The Morgan fingerprint density at radius 1 is 0.822 bits per heavy atom. The largest absolute Gasteiger partial charge is 0.350 e. The number of amides is 2. The number of halogens is 3. The number of carbonyl (C=O) groups excluding carboxylic acids is 2. The van der Waals surface area contributed by atoms with Crippen molar-refractivity contribution in [3.8, 4) is 0 Å². The maximum atomic E-state index is 14.5. The molecule has 4 aromatic carbocycles. The van der Waals surface area contributed by atoms with Gasteiger partial charge in [-0.1, -0.05) is 93.7 Å². The Balaban J connectivity index is 1.84. The molecular formula is C34H34BrCl2N3O4S. The van der Waals surface area contributed by atoms with Crippen molar-refractivity contribution >= 4 is 66.7 Å². The van der Waals surface area contributed by atoms with E-state index in [2.05, 4.69) is 21.2 Å². The lowest BCUT2D eigenvalue weighted by Gasteiger charge is -2.35. The maximum Gasteiger partial charge on any atom is 0.264 e. The van der Waals surface area contributed by atoms with Gasteiger partial charge in [-0.15, -0.1) is 0 Å². The molecule has 2 amide bonds. The highest BCUT2D eigenvalue weighted by Gasteiger charge is 2.36. The molecule has 0 bridgehead atoms. The number of nitrogens with zero attached hydrogens (tertiary/aromatic N) is 2. The Morgan fingerprint density at radius 2 is 1.38 bits per heavy atom. The van der Waals surface area contributed by atoms with Crippen molar-refractivity contribution in [1.29, 1.82) is 0 Å². The number of sulfonamides is 1. The van der Waals surface area contributed by atoms with Gasteiger partial charge in [0.1, 0.15) is 12.6 Å². The molecule has 0 saturated heterocycles. The zero-order valence-corrected chi connectivity index (χ0v) is 29.0. The Kier molecular flexibility index (Phi) is 11.4. The van der Waals surface area contributed by atoms with Crippen LogP contribution in [0, 0.1) is 0 Å². The molecule has 0 aromatic heterocycles. The third-order valence-corrected chi connectivity index (χ3v) is 9.91. The van der Waals surface area contributed by atoms with E-state index in [-0.39, 0.29) is 23.5 Å². The molecule has 236 valence electrons. The minimum absolute atomic E-state index is 0.0210. The minimum atomic E-state index is -4.20. The summed E-state index contributed by atoms with van der Waals surface area (Å²) in [6.45, 7) is 4.83. The summed E-state index contributed by atoms with van der Waals surface area (Å²) < 4.78 is 29.9. The fraction of sp³-hybridized carbons (Fsp3) is 0.235. The van der Waals surface area contributed by atoms with Gasteiger partial charge in [-0.2, -0.15) is 0 Å². The number of anilines is 1. The summed E-state index contributed by atoms with van der Waals surface area (Å²) in [7, 11) is -4.20. The van der Waals surface area contributed by atoms with Gasteiger partial charge >= 0.3 is 0 Å². The maximum absolute atomic E-state index is 14.5. The second-order valence-electron chi connectivity index (χ2n) is 11.5. The monoisotopic (exact) mass is 729 g/mol. The zero-order chi connectivity index (χ0) is 32.8. The van der Waals surface area contributed by atoms with Crippen LogP contribution in [0.2, 0.25) is 10.0 Å². The van der Waals surface area contributed by atoms with E-state index in [9.17, 15) is 18.0 Å². The third kappa shape index (κ3) is 9.10. The standard InChI is InChI=1S/C34H34BrCl2N3O4S/c1-34(2,3)38-33(42)31(21-24-11-6-4-7-12-24)39(22-28-29(36)15-10-16-30(28)37)32(41)23-40(26-19-17-25(35)18-20-26)45(43,44)27-13-8-5-9-14-27/h4-20,31H,21-23H2,1-3H3,(H,38,42)/t31-/m1/s1. The normalized spacial score (nSPS) is 12.3. The van der Waals surface area contributed by atoms with Gasteiger partial charge in [0.05, 0.1) is 10.6 Å². The quantitative estimate of drug-likeness (QED) is 0.173. The molecular weight excluding hydrogens is 697 g/mol. The van der Waals surface area contributed by atoms with Gasteiger partial charge in [0.25, 0.3) is 10.0 Å². The predicted molar refractivity (Wildman–Crippen MR) is 184 cm³/mol. The summed E-state index contributed by atoms with van der Waals surface area (Å²) in [6, 6.07) is 27.8. The highest BCUT2D eigenvalue weighted by molar-refractivity contribution is 9.10. The van der Waals surface area contributed by atoms with Gasteiger partial charge in [0.2, 0.25) is 11.8 Å². The van der Waals surface area contributed by atoms with Crippen LogP contribution in [0.4, 0.5) is 5.69 Å². The summed E-state index contributed by atoms with van der Waals surface area (Å²) in [6.07, 6.45) is 0.167. The summed E-state index contributed by atoms with van der Waals surface area (Å²) in [5, 5.41) is 3.63. The molecule has 4 rings (SSSR count). The highest BCUT2D eigenvalue weighted by atomic mass is 79.9. The van der Waals surface area contributed by atoms with E-state index < -0.39 is 40.0 Å². The molecule has 11 heteroatoms. The second kappa shape index (κ2) is 14.8. The first-order valence-electron chi connectivity index (χ1n) is 14.2. The highest BCUT2D eigenvalue weighted by Crippen LogP contribution is 2.29. The molecule has 1 atom stereocenters. The molecule has 0 unspecified atom stereocenters. The molecule has 0 aliphatic carbocycles. The fourth-order valence-corrected chi connectivity index (χ4v) is 6.93. The topological polar surface area (TPSA) is 86.8 Å². The van der Waals surface area contributed by atoms with E-state index in [1.165, 1.54) is 17.0 Å². The number of hydrogen-bond donors (Lipinski definition) is 1. The molecule has 45 heavy (non-hydrogen) atoms. The van der Waals surface area contributed by atoms with Crippen molar-refractivity contribution in [3.63, 3.8) is 0 Å². The number of hydrogen-bond acceptors (Lipinski definition) is 4. The lowest BCUT2D eigenvalue weighted by Crippen LogP contribution is -2.56. The molecule has 0 saturated carbocycles. The first kappa shape index (κ1) is 34.5. The van der Waals surface area contributed by atoms with Gasteiger partial charge in [0, 0.05) is 38.6 Å². The van der Waals surface area contributed by atoms with Gasteiger partial charge in [-0.25, -0.2) is 8.42 Å². The first-order valence-corrected chi connectivity index (χ1v) is 17.2. The van der Waals surface area contributed by atoms with Crippen LogP contribution in [0.25, 0.3) is 0 Å². The number of carbonyl (C=O) groups is 2. The van der Waals surface area contributed by atoms with Gasteiger partial charge < -0.3 is 10.2 Å². The molecule has 1 N–H and O–H groups in total. The van der Waals surface area contributed by atoms with Crippen LogP contribution in [-0.4, -0.2) is 43.3 Å². The molecule has 0 fully saturated rings. The number of benzene rings is 4. The van der Waals surface area contributed by atoms with Crippen LogP contribution in [0.15, 0.2) is 112 Å². The van der Waals surface area contributed by atoms with Gasteiger partial charge in [-0.05, 0) is 74.9 Å². The lowest BCUT2D eigenvalue weighted by atomic mass is 10.0. The van der Waals surface area contributed by atoms with Crippen molar-refractivity contribution in [2.24, 2.45) is 0 Å². The molecule has 0 heterocycles. The van der Waals surface area contributed by atoms with Crippen molar-refractivity contribution < 1.29 is 18.0 Å². The predicted octanol–water partition coefficient (Wildman–Crippen LogP) is 7.51. The summed E-state index contributed by atoms with van der Waals surface area (Å²) >= 11 is 16.5. The number of rotatable bonds is 11. The molecule has 7 nitrogen and oxygen atoms in total. The zero-order valence-electron chi connectivity index (χ0n) is 25.1. The molecule has 0 aliphatic heterocycles. The van der Waals surface area contributed by atoms with E-state index in [1.54, 1.807) is 60.7 Å². The second-order valence-corrected chi connectivity index (χ2v) is 15.1. The summed E-state index contributed by atoms with van der Waals surface area (Å²) in [5.74, 6) is -1.01. The lowest BCUT2D eigenvalue weighted by molar-refractivity contribution is -0.140. The molecule has 4 aromatic rings. The van der Waals surface area contributed by atoms with E-state index in [4.69, 9.17) is 23.2 Å². The Morgan fingerprint density at radius 3 is 1.93 bits per heavy atom. The average Bonchev–Trinajstić information content (AvgIpc) is 2.99. The molecule has 0 radical (unpaired) electrons. The Bertz CT molecular complexity index is 1710. The van der Waals surface area contributed by atoms with Crippen LogP contribution >= 0.6 is 39.1 Å². The van der Waals surface area contributed by atoms with Gasteiger partial charge in [0.15, 0.2) is 0 Å². The van der Waals surface area contributed by atoms with E-state index in [0.29, 0.717) is 15.6 Å². The molecule has 0 aliphatic rings. The van der Waals surface area contributed by atoms with Crippen molar-refractivity contribution in [1.82, 2.24) is 10.2 Å². The third-order valence-electron chi connectivity index (χ3n) is 6.88. The Labute approximate surface area is 283 Å². The molecule has 0 spiro atoms. The Hall–Kier alpha value is -3.37. The van der Waals surface area contributed by atoms with Crippen LogP contribution in [-0.2, 0) is 32.6 Å². The fourth-order valence-electron chi connectivity index (χ4n) is 4.72. The van der Waals surface area contributed by atoms with Crippen molar-refractivity contribution in [2.45, 2.75) is 50.2 Å². The average molecular weight is 732 g/mol. The number of nitrogens with one attached hydrogen (secondary N) is 1. The van der Waals surface area contributed by atoms with Crippen LogP contribution in [0.1, 0.15) is 31.9 Å². The van der Waals surface area contributed by atoms with E-state index in [0.717, 1.165) is 14.3 Å². The van der Waals surface area contributed by atoms with Crippen LogP contribution in [0.3, 0.4) is 0 Å². The minimum Gasteiger partial charge on any atom is -0.350 e. The smallest absolute Gasteiger partial charge is 0.264 e. The summed E-state index contributed by atoms with van der Waals surface area (Å²) in [5.41, 5.74) is 0.932.